The van der Waals surface area contributed by atoms with Gasteiger partial charge in [0.25, 0.3) is 0 Å². The van der Waals surface area contributed by atoms with Crippen LogP contribution in [0.2, 0.25) is 0 Å². The lowest BCUT2D eigenvalue weighted by atomic mass is 10.2. The number of benzene rings is 2. The summed E-state index contributed by atoms with van der Waals surface area (Å²) in [6.45, 7) is 3.85. The predicted octanol–water partition coefficient (Wildman–Crippen LogP) is 4.04. The van der Waals surface area contributed by atoms with Gasteiger partial charge in [-0.05, 0) is 48.4 Å². The summed E-state index contributed by atoms with van der Waals surface area (Å²) in [6.07, 6.45) is 1.04. The van der Waals surface area contributed by atoms with Crippen LogP contribution in [0.5, 0.6) is 5.75 Å². The summed E-state index contributed by atoms with van der Waals surface area (Å²) in [6, 6.07) is 10.9. The van der Waals surface area contributed by atoms with E-state index in [0.29, 0.717) is 6.54 Å². The molecule has 0 bridgehead atoms. The van der Waals surface area contributed by atoms with E-state index in [-0.39, 0.29) is 24.0 Å². The van der Waals surface area contributed by atoms with Gasteiger partial charge in [0, 0.05) is 6.54 Å². The van der Waals surface area contributed by atoms with Crippen LogP contribution in [0.1, 0.15) is 24.5 Å². The van der Waals surface area contributed by atoms with Gasteiger partial charge in [0.15, 0.2) is 11.6 Å². The van der Waals surface area contributed by atoms with Crippen LogP contribution in [0.15, 0.2) is 42.5 Å². The average molecular weight is 291 g/mol. The molecule has 2 aromatic rings. The SMILES string of the molecule is CCCNCc1ccc(OCc2ccc(F)cc2)c(F)c1. The molecule has 0 spiro atoms. The normalized spacial score (nSPS) is 10.6. The molecule has 112 valence electrons. The van der Waals surface area contributed by atoms with E-state index in [1.54, 1.807) is 18.2 Å². The monoisotopic (exact) mass is 291 g/mol. The summed E-state index contributed by atoms with van der Waals surface area (Å²) in [7, 11) is 0. The highest BCUT2D eigenvalue weighted by Gasteiger charge is 2.05. The zero-order valence-electron chi connectivity index (χ0n) is 12.0. The molecular weight excluding hydrogens is 272 g/mol. The van der Waals surface area contributed by atoms with Crippen LogP contribution in [-0.2, 0) is 13.2 Å². The lowest BCUT2D eigenvalue weighted by molar-refractivity contribution is 0.290. The molecule has 0 aliphatic rings. The molecule has 0 atom stereocenters. The summed E-state index contributed by atoms with van der Waals surface area (Å²) in [5.41, 5.74) is 1.68. The molecule has 0 fully saturated rings. The molecule has 0 amide bonds. The summed E-state index contributed by atoms with van der Waals surface area (Å²) in [5, 5.41) is 3.22. The molecule has 0 saturated carbocycles. The van der Waals surface area contributed by atoms with Crippen LogP contribution in [0.3, 0.4) is 0 Å². The summed E-state index contributed by atoms with van der Waals surface area (Å²) in [4.78, 5) is 0. The minimum Gasteiger partial charge on any atom is -0.486 e. The van der Waals surface area contributed by atoms with Crippen molar-refractivity contribution in [1.29, 1.82) is 0 Å². The third-order valence-corrected chi connectivity index (χ3v) is 3.06. The molecule has 0 heterocycles. The molecule has 0 radical (unpaired) electrons. The van der Waals surface area contributed by atoms with Gasteiger partial charge in [-0.1, -0.05) is 25.1 Å². The molecule has 0 aliphatic heterocycles. The third kappa shape index (κ3) is 4.83. The molecule has 0 aliphatic carbocycles. The maximum Gasteiger partial charge on any atom is 0.165 e. The molecule has 21 heavy (non-hydrogen) atoms. The van der Waals surface area contributed by atoms with Crippen molar-refractivity contribution < 1.29 is 13.5 Å². The minimum atomic E-state index is -0.382. The molecule has 2 rings (SSSR count). The Labute approximate surface area is 123 Å². The molecule has 4 heteroatoms. The Hall–Kier alpha value is -1.94. The largest absolute Gasteiger partial charge is 0.486 e. The van der Waals surface area contributed by atoms with Gasteiger partial charge < -0.3 is 10.1 Å². The Kier molecular flexibility index (Phi) is 5.69. The Balaban J connectivity index is 1.92. The number of ether oxygens (including phenoxy) is 1. The quantitative estimate of drug-likeness (QED) is 0.777. The van der Waals surface area contributed by atoms with Crippen LogP contribution < -0.4 is 10.1 Å². The zero-order chi connectivity index (χ0) is 15.1. The fraction of sp³-hybridized carbons (Fsp3) is 0.294. The molecule has 2 aromatic carbocycles. The van der Waals surface area contributed by atoms with Gasteiger partial charge in [0.2, 0.25) is 0 Å². The fourth-order valence-corrected chi connectivity index (χ4v) is 1.92. The first-order chi connectivity index (χ1) is 10.2. The first-order valence-electron chi connectivity index (χ1n) is 7.05. The van der Waals surface area contributed by atoms with Crippen LogP contribution in [-0.4, -0.2) is 6.54 Å². The van der Waals surface area contributed by atoms with Crippen molar-refractivity contribution in [2.75, 3.05) is 6.54 Å². The zero-order valence-corrected chi connectivity index (χ0v) is 12.0. The second-order valence-corrected chi connectivity index (χ2v) is 4.86. The van der Waals surface area contributed by atoms with E-state index in [1.807, 2.05) is 6.07 Å². The van der Waals surface area contributed by atoms with E-state index in [4.69, 9.17) is 4.74 Å². The lowest BCUT2D eigenvalue weighted by Crippen LogP contribution is -2.13. The van der Waals surface area contributed by atoms with Crippen molar-refractivity contribution in [2.24, 2.45) is 0 Å². The van der Waals surface area contributed by atoms with E-state index in [0.717, 1.165) is 24.1 Å². The maximum absolute atomic E-state index is 13.9. The maximum atomic E-state index is 13.9. The van der Waals surface area contributed by atoms with Gasteiger partial charge in [-0.25, -0.2) is 8.78 Å². The van der Waals surface area contributed by atoms with Crippen molar-refractivity contribution in [2.45, 2.75) is 26.5 Å². The first kappa shape index (κ1) is 15.4. The Morgan fingerprint density at radius 1 is 1.00 bits per heavy atom. The highest BCUT2D eigenvalue weighted by atomic mass is 19.1. The van der Waals surface area contributed by atoms with Gasteiger partial charge in [-0.15, -0.1) is 0 Å². The first-order valence-corrected chi connectivity index (χ1v) is 7.05. The second-order valence-electron chi connectivity index (χ2n) is 4.86. The van der Waals surface area contributed by atoms with Crippen molar-refractivity contribution >= 4 is 0 Å². The van der Waals surface area contributed by atoms with Crippen LogP contribution in [0, 0.1) is 11.6 Å². The summed E-state index contributed by atoms with van der Waals surface area (Å²) >= 11 is 0. The Bertz CT molecular complexity index is 570. The van der Waals surface area contributed by atoms with E-state index < -0.39 is 0 Å². The number of hydrogen-bond donors (Lipinski definition) is 1. The second kappa shape index (κ2) is 7.74. The van der Waals surface area contributed by atoms with Gasteiger partial charge in [-0.2, -0.15) is 0 Å². The minimum absolute atomic E-state index is 0.207. The summed E-state index contributed by atoms with van der Waals surface area (Å²) < 4.78 is 32.1. The molecule has 0 saturated heterocycles. The van der Waals surface area contributed by atoms with Crippen molar-refractivity contribution in [1.82, 2.24) is 5.32 Å². The van der Waals surface area contributed by atoms with Crippen LogP contribution in [0.4, 0.5) is 8.78 Å². The Morgan fingerprint density at radius 3 is 2.38 bits per heavy atom. The number of rotatable bonds is 7. The number of hydrogen-bond acceptors (Lipinski definition) is 2. The third-order valence-electron chi connectivity index (χ3n) is 3.06. The van der Waals surface area contributed by atoms with Crippen molar-refractivity contribution in [3.8, 4) is 5.75 Å². The smallest absolute Gasteiger partial charge is 0.165 e. The van der Waals surface area contributed by atoms with Gasteiger partial charge in [0.05, 0.1) is 0 Å². The van der Waals surface area contributed by atoms with E-state index >= 15 is 0 Å². The standard InChI is InChI=1S/C17H19F2NO/c1-2-9-20-11-14-5-8-17(16(19)10-14)21-12-13-3-6-15(18)7-4-13/h3-8,10,20H,2,9,11-12H2,1H3. The van der Waals surface area contributed by atoms with Crippen molar-refractivity contribution in [3.05, 3.63) is 65.2 Å². The van der Waals surface area contributed by atoms with Gasteiger partial charge in [-0.3, -0.25) is 0 Å². The van der Waals surface area contributed by atoms with E-state index in [1.165, 1.54) is 18.2 Å². The molecule has 0 unspecified atom stereocenters. The molecule has 0 aromatic heterocycles. The van der Waals surface area contributed by atoms with Crippen LogP contribution >= 0.6 is 0 Å². The average Bonchev–Trinajstić information content (AvgIpc) is 2.48. The van der Waals surface area contributed by atoms with Crippen molar-refractivity contribution in [3.63, 3.8) is 0 Å². The molecule has 2 nitrogen and oxygen atoms in total. The van der Waals surface area contributed by atoms with Crippen LogP contribution in [0.25, 0.3) is 0 Å². The van der Waals surface area contributed by atoms with E-state index in [2.05, 4.69) is 12.2 Å². The highest BCUT2D eigenvalue weighted by molar-refractivity contribution is 5.29. The Morgan fingerprint density at radius 2 is 1.71 bits per heavy atom. The summed E-state index contributed by atoms with van der Waals surface area (Å²) in [5.74, 6) is -0.472. The topological polar surface area (TPSA) is 21.3 Å². The fourth-order valence-electron chi connectivity index (χ4n) is 1.92. The number of halogens is 2. The number of nitrogens with one attached hydrogen (secondary N) is 1. The van der Waals surface area contributed by atoms with Gasteiger partial charge >= 0.3 is 0 Å². The highest BCUT2D eigenvalue weighted by Crippen LogP contribution is 2.19. The lowest BCUT2D eigenvalue weighted by Gasteiger charge is -2.09. The molecule has 1 N–H and O–H groups in total. The molecular formula is C17H19F2NO. The van der Waals surface area contributed by atoms with E-state index in [9.17, 15) is 8.78 Å². The predicted molar refractivity (Wildman–Crippen MR) is 79.1 cm³/mol. The van der Waals surface area contributed by atoms with Gasteiger partial charge in [0.1, 0.15) is 12.4 Å².